The topological polar surface area (TPSA) is 149 Å². The molecule has 0 aliphatic heterocycles. The summed E-state index contributed by atoms with van der Waals surface area (Å²) in [6.07, 6.45) is -6.23. The molecule has 0 heterocycles. The molecule has 0 saturated heterocycles. The predicted octanol–water partition coefficient (Wildman–Crippen LogP) is -0.525. The maximum Gasteiger partial charge on any atom is 0.303 e. The second-order valence-electron chi connectivity index (χ2n) is 5.31. The van der Waals surface area contributed by atoms with E-state index in [-0.39, 0.29) is 6.29 Å². The van der Waals surface area contributed by atoms with Crippen molar-refractivity contribution >= 4 is 36.1 Å². The van der Waals surface area contributed by atoms with Crippen LogP contribution < -0.4 is 0 Å². The van der Waals surface area contributed by atoms with Crippen LogP contribution in [0.1, 0.15) is 34.6 Å². The van der Waals surface area contributed by atoms with Gasteiger partial charge in [0.15, 0.2) is 30.7 Å². The zero-order valence-electron chi connectivity index (χ0n) is 15.6. The lowest BCUT2D eigenvalue weighted by molar-refractivity contribution is -0.201. The van der Waals surface area contributed by atoms with Crippen molar-refractivity contribution in [2.45, 2.75) is 59.0 Å². The molecule has 0 aromatic heterocycles. The van der Waals surface area contributed by atoms with Crippen molar-refractivity contribution in [2.24, 2.45) is 0 Å². The van der Waals surface area contributed by atoms with Crippen LogP contribution in [0.25, 0.3) is 0 Å². The Morgan fingerprint density at radius 2 is 1.11 bits per heavy atom. The van der Waals surface area contributed by atoms with Crippen LogP contribution >= 0.6 is 0 Å². The van der Waals surface area contributed by atoms with Gasteiger partial charge in [-0.15, -0.1) is 0 Å². The van der Waals surface area contributed by atoms with Gasteiger partial charge in [-0.3, -0.25) is 28.8 Å². The Balaban J connectivity index is 6.00. The molecule has 0 radical (unpaired) electrons. The minimum absolute atomic E-state index is 0.155. The Labute approximate surface area is 155 Å². The molecular formula is C16H22O11. The van der Waals surface area contributed by atoms with Gasteiger partial charge < -0.3 is 23.7 Å². The number of carbonyl (C=O) groups is 6. The molecule has 4 atom stereocenters. The Bertz CT molecular complexity index is 583. The first kappa shape index (κ1) is 24.0. The highest BCUT2D eigenvalue weighted by Crippen LogP contribution is 2.19. The molecular weight excluding hydrogens is 368 g/mol. The molecule has 0 aromatic carbocycles. The largest absolute Gasteiger partial charge is 0.462 e. The third kappa shape index (κ3) is 9.92. The van der Waals surface area contributed by atoms with Crippen molar-refractivity contribution in [3.05, 3.63) is 0 Å². The smallest absolute Gasteiger partial charge is 0.303 e. The van der Waals surface area contributed by atoms with Gasteiger partial charge in [-0.25, -0.2) is 0 Å². The second-order valence-corrected chi connectivity index (χ2v) is 5.31. The van der Waals surface area contributed by atoms with E-state index in [1.54, 1.807) is 0 Å². The number of carbonyl (C=O) groups excluding carboxylic acids is 6. The Morgan fingerprint density at radius 1 is 0.667 bits per heavy atom. The molecule has 0 spiro atoms. The quantitative estimate of drug-likeness (QED) is 0.269. The van der Waals surface area contributed by atoms with E-state index < -0.39 is 60.9 Å². The summed E-state index contributed by atoms with van der Waals surface area (Å²) in [6, 6.07) is 0. The zero-order valence-corrected chi connectivity index (χ0v) is 15.6. The van der Waals surface area contributed by atoms with Crippen molar-refractivity contribution < 1.29 is 52.5 Å². The minimum Gasteiger partial charge on any atom is -0.462 e. The minimum atomic E-state index is -1.67. The van der Waals surface area contributed by atoms with Crippen LogP contribution in [0.4, 0.5) is 0 Å². The molecule has 0 amide bonds. The fraction of sp³-hybridized carbons (Fsp3) is 0.625. The van der Waals surface area contributed by atoms with Gasteiger partial charge in [0.05, 0.1) is 0 Å². The first-order chi connectivity index (χ1) is 12.5. The van der Waals surface area contributed by atoms with E-state index in [1.165, 1.54) is 0 Å². The van der Waals surface area contributed by atoms with Crippen molar-refractivity contribution in [3.63, 3.8) is 0 Å². The fourth-order valence-electron chi connectivity index (χ4n) is 2.03. The highest BCUT2D eigenvalue weighted by molar-refractivity contribution is 5.72. The number of hydrogen-bond donors (Lipinski definition) is 0. The molecule has 27 heavy (non-hydrogen) atoms. The summed E-state index contributed by atoms with van der Waals surface area (Å²) in [5, 5.41) is 0. The third-order valence-electron chi connectivity index (χ3n) is 2.82. The van der Waals surface area contributed by atoms with E-state index in [2.05, 4.69) is 0 Å². The van der Waals surface area contributed by atoms with Crippen molar-refractivity contribution in [1.29, 1.82) is 0 Å². The van der Waals surface area contributed by atoms with Gasteiger partial charge in [0.2, 0.25) is 0 Å². The lowest BCUT2D eigenvalue weighted by Gasteiger charge is -2.33. The molecule has 11 nitrogen and oxygen atoms in total. The summed E-state index contributed by atoms with van der Waals surface area (Å²) in [6.45, 7) is 4.56. The van der Waals surface area contributed by atoms with Crippen LogP contribution in [0.5, 0.6) is 0 Å². The molecule has 0 aliphatic rings. The Morgan fingerprint density at radius 3 is 1.48 bits per heavy atom. The lowest BCUT2D eigenvalue weighted by Crippen LogP contribution is -2.53. The van der Waals surface area contributed by atoms with E-state index in [9.17, 15) is 28.8 Å². The van der Waals surface area contributed by atoms with E-state index in [1.807, 2.05) is 0 Å². The van der Waals surface area contributed by atoms with Crippen LogP contribution in [-0.2, 0) is 52.5 Å². The molecule has 0 fully saturated rings. The SMILES string of the molecule is CC(=O)OC[C@@H](OC(C)=O)[C@@H](OC(C)=O)[C@H](OC(C)=O)[C@H](C=O)OC(C)=O. The summed E-state index contributed by atoms with van der Waals surface area (Å²) < 4.78 is 24.6. The highest BCUT2D eigenvalue weighted by Gasteiger charge is 2.43. The number of esters is 5. The van der Waals surface area contributed by atoms with Gasteiger partial charge in [0.25, 0.3) is 0 Å². The van der Waals surface area contributed by atoms with E-state index in [0.717, 1.165) is 34.6 Å². The summed E-state index contributed by atoms with van der Waals surface area (Å²) in [7, 11) is 0. The number of hydrogen-bond acceptors (Lipinski definition) is 11. The van der Waals surface area contributed by atoms with E-state index in [0.29, 0.717) is 0 Å². The standard InChI is InChI=1S/C16H22O11/c1-8(18)23-7-14(25-10(3)20)16(27-12(5)22)15(26-11(4)21)13(6-17)24-9(2)19/h6,13-16H,7H2,1-5H3/t13-,14+,15+,16+/m0/s1. The van der Waals surface area contributed by atoms with E-state index in [4.69, 9.17) is 23.7 Å². The van der Waals surface area contributed by atoms with Gasteiger partial charge in [0, 0.05) is 34.6 Å². The molecule has 0 bridgehead atoms. The molecule has 0 unspecified atom stereocenters. The highest BCUT2D eigenvalue weighted by atomic mass is 16.6. The van der Waals surface area contributed by atoms with Crippen molar-refractivity contribution in [3.8, 4) is 0 Å². The summed E-state index contributed by atoms with van der Waals surface area (Å²) >= 11 is 0. The van der Waals surface area contributed by atoms with Crippen LogP contribution in [0.3, 0.4) is 0 Å². The average molecular weight is 390 g/mol. The van der Waals surface area contributed by atoms with Gasteiger partial charge in [-0.2, -0.15) is 0 Å². The normalized spacial score (nSPS) is 14.6. The van der Waals surface area contributed by atoms with Crippen LogP contribution in [-0.4, -0.2) is 67.2 Å². The summed E-state index contributed by atoms with van der Waals surface area (Å²) in [5.41, 5.74) is 0. The lowest BCUT2D eigenvalue weighted by atomic mass is 10.0. The van der Waals surface area contributed by atoms with Crippen molar-refractivity contribution in [2.75, 3.05) is 6.61 Å². The monoisotopic (exact) mass is 390 g/mol. The fourth-order valence-corrected chi connectivity index (χ4v) is 2.03. The first-order valence-electron chi connectivity index (χ1n) is 7.75. The summed E-state index contributed by atoms with van der Waals surface area (Å²) in [5.74, 6) is -4.23. The molecule has 0 rings (SSSR count). The average Bonchev–Trinajstić information content (AvgIpc) is 2.51. The predicted molar refractivity (Wildman–Crippen MR) is 84.9 cm³/mol. The van der Waals surface area contributed by atoms with Gasteiger partial charge in [0.1, 0.15) is 6.61 Å². The maximum atomic E-state index is 11.5. The first-order valence-corrected chi connectivity index (χ1v) is 7.75. The zero-order chi connectivity index (χ0) is 21.1. The van der Waals surface area contributed by atoms with Gasteiger partial charge in [-0.1, -0.05) is 0 Å². The number of ether oxygens (including phenoxy) is 5. The van der Waals surface area contributed by atoms with Crippen LogP contribution in [0.2, 0.25) is 0 Å². The van der Waals surface area contributed by atoms with Gasteiger partial charge in [-0.05, 0) is 0 Å². The molecule has 0 aromatic rings. The van der Waals surface area contributed by atoms with Gasteiger partial charge >= 0.3 is 29.8 Å². The van der Waals surface area contributed by atoms with Crippen LogP contribution in [0, 0.1) is 0 Å². The number of rotatable bonds is 10. The molecule has 0 aliphatic carbocycles. The van der Waals surface area contributed by atoms with Crippen LogP contribution in [0.15, 0.2) is 0 Å². The summed E-state index contributed by atoms with van der Waals surface area (Å²) in [4.78, 5) is 68.0. The molecule has 0 saturated carbocycles. The molecule has 152 valence electrons. The Kier molecular flexibility index (Phi) is 10.3. The van der Waals surface area contributed by atoms with Crippen molar-refractivity contribution in [1.82, 2.24) is 0 Å². The second kappa shape index (κ2) is 11.6. The molecule has 0 N–H and O–H groups in total. The van der Waals surface area contributed by atoms with E-state index >= 15 is 0 Å². The maximum absolute atomic E-state index is 11.5. The Hall–Kier alpha value is -2.98. The third-order valence-corrected chi connectivity index (χ3v) is 2.82. The molecule has 11 heteroatoms. The number of aldehydes is 1.